The second-order valence-corrected chi connectivity index (χ2v) is 34.0. The van der Waals surface area contributed by atoms with E-state index in [0.29, 0.717) is 0 Å². The zero-order valence-electron chi connectivity index (χ0n) is 62.8. The van der Waals surface area contributed by atoms with E-state index in [1.54, 1.807) is 0 Å². The lowest BCUT2D eigenvalue weighted by atomic mass is 9.81. The third-order valence-electron chi connectivity index (χ3n) is 26.1. The molecule has 0 amide bonds. The van der Waals surface area contributed by atoms with Crippen molar-refractivity contribution in [3.05, 3.63) is 368 Å². The summed E-state index contributed by atoms with van der Waals surface area (Å²) >= 11 is 0. The molecule has 0 heterocycles. The molecule has 0 saturated heterocycles. The minimum atomic E-state index is -0.255. The van der Waals surface area contributed by atoms with Gasteiger partial charge < -0.3 is 9.80 Å². The fourth-order valence-electron chi connectivity index (χ4n) is 20.2. The van der Waals surface area contributed by atoms with Crippen LogP contribution in [0.5, 0.6) is 0 Å². The Bertz CT molecular complexity index is 5630. The van der Waals surface area contributed by atoms with Crippen molar-refractivity contribution in [2.75, 3.05) is 9.80 Å². The van der Waals surface area contributed by atoms with Gasteiger partial charge in [-0.25, -0.2) is 0 Å². The Hall–Kier alpha value is -11.6. The highest BCUT2D eigenvalue weighted by Gasteiger charge is 2.43. The van der Waals surface area contributed by atoms with Gasteiger partial charge in [0.05, 0.1) is 0 Å². The molecule has 0 bridgehead atoms. The highest BCUT2D eigenvalue weighted by molar-refractivity contribution is 6.00. The molecule has 2 nitrogen and oxygen atoms in total. The molecule has 0 spiro atoms. The zero-order chi connectivity index (χ0) is 72.3. The predicted octanol–water partition coefficient (Wildman–Crippen LogP) is 28.0. The fourth-order valence-corrected chi connectivity index (χ4v) is 20.2. The summed E-state index contributed by atoms with van der Waals surface area (Å²) in [4.78, 5) is 5.05. The van der Waals surface area contributed by atoms with E-state index < -0.39 is 0 Å². The van der Waals surface area contributed by atoms with E-state index in [4.69, 9.17) is 0 Å². The molecule has 0 unspecified atom stereocenters. The van der Waals surface area contributed by atoms with Gasteiger partial charge in [-0.1, -0.05) is 314 Å². The van der Waals surface area contributed by atoms with Crippen LogP contribution >= 0.6 is 0 Å². The Morgan fingerprint density at radius 1 is 0.179 bits per heavy atom. The number of fused-ring (bicyclic) bond motifs is 19. The Labute approximate surface area is 625 Å². The number of anilines is 6. The molecule has 0 N–H and O–H groups in total. The number of hydrogen-bond acceptors (Lipinski definition) is 2. The molecule has 0 aliphatic heterocycles. The van der Waals surface area contributed by atoms with Crippen LogP contribution in [-0.4, -0.2) is 0 Å². The monoisotopic (exact) mass is 1360 g/mol. The SMILES string of the molecule is CC1(C)c2ccccc2-c2ccc(N(c3ccc4c(c3)C(C)(C)c3ccccc3-4)c3ccc4c(c3)C(C)(C)c3cc(/C=C/c5ccc(/C=C/c6ccc7c(c6)C(C)(C)c6cc(N(c8ccc9c(c8)C(C)(C)c8ccccc8-9)c8ccc9c(c8)C(C)(C)c8ccccc8-9)ccc6-7)c6ccccc56)ccc3-4)cc21. The Kier molecular flexibility index (Phi) is 13.6. The first-order valence-corrected chi connectivity index (χ1v) is 38.1. The lowest BCUT2D eigenvalue weighted by Gasteiger charge is -2.31. The molecule has 6 aliphatic rings. The first-order valence-electron chi connectivity index (χ1n) is 38.1. The van der Waals surface area contributed by atoms with Crippen LogP contribution in [0.15, 0.2) is 279 Å². The molecule has 106 heavy (non-hydrogen) atoms. The molecule has 0 atom stereocenters. The third-order valence-corrected chi connectivity index (χ3v) is 26.1. The minimum Gasteiger partial charge on any atom is -0.310 e. The van der Waals surface area contributed by atoms with Crippen LogP contribution in [0.1, 0.15) is 172 Å². The maximum atomic E-state index is 2.53. The van der Waals surface area contributed by atoms with Crippen molar-refractivity contribution in [1.82, 2.24) is 0 Å². The van der Waals surface area contributed by atoms with Gasteiger partial charge in [0.25, 0.3) is 0 Å². The highest BCUT2D eigenvalue weighted by atomic mass is 15.1. The number of benzene rings is 14. The second-order valence-electron chi connectivity index (χ2n) is 34.0. The molecule has 0 fully saturated rings. The van der Waals surface area contributed by atoms with Crippen molar-refractivity contribution < 1.29 is 0 Å². The smallest absolute Gasteiger partial charge is 0.0465 e. The lowest BCUT2D eigenvalue weighted by molar-refractivity contribution is 0.659. The summed E-state index contributed by atoms with van der Waals surface area (Å²) in [7, 11) is 0. The normalized spacial score (nSPS) is 16.3. The molecule has 6 aliphatic carbocycles. The van der Waals surface area contributed by atoms with Gasteiger partial charge in [-0.3, -0.25) is 0 Å². The van der Waals surface area contributed by atoms with Crippen molar-refractivity contribution >= 4 is 69.2 Å². The van der Waals surface area contributed by atoms with Crippen molar-refractivity contribution in [1.29, 1.82) is 0 Å². The van der Waals surface area contributed by atoms with E-state index in [1.807, 2.05) is 0 Å². The first-order chi connectivity index (χ1) is 51.1. The van der Waals surface area contributed by atoms with Gasteiger partial charge in [0.2, 0.25) is 0 Å². The van der Waals surface area contributed by atoms with Gasteiger partial charge in [-0.2, -0.15) is 0 Å². The van der Waals surface area contributed by atoms with Crippen molar-refractivity contribution in [3.8, 4) is 66.8 Å². The summed E-state index contributed by atoms with van der Waals surface area (Å²) in [6, 6.07) is 107. The van der Waals surface area contributed by atoms with E-state index in [0.717, 1.165) is 11.4 Å². The molecule has 0 radical (unpaired) electrons. The van der Waals surface area contributed by atoms with Crippen LogP contribution in [0.25, 0.3) is 102 Å². The summed E-state index contributed by atoms with van der Waals surface area (Å²) in [5, 5.41) is 2.47. The third kappa shape index (κ3) is 9.16. The van der Waals surface area contributed by atoms with E-state index in [2.05, 4.69) is 396 Å². The van der Waals surface area contributed by atoms with Crippen LogP contribution in [0.3, 0.4) is 0 Å². The quantitative estimate of drug-likeness (QED) is 0.126. The van der Waals surface area contributed by atoms with Crippen molar-refractivity contribution in [2.24, 2.45) is 0 Å². The molecular formula is C104H86N2. The Balaban J connectivity index is 0.590. The molecule has 512 valence electrons. The molecule has 20 rings (SSSR count). The lowest BCUT2D eigenvalue weighted by Crippen LogP contribution is -2.19. The van der Waals surface area contributed by atoms with Gasteiger partial charge in [-0.05, 0) is 239 Å². The van der Waals surface area contributed by atoms with E-state index in [9.17, 15) is 0 Å². The van der Waals surface area contributed by atoms with Crippen LogP contribution in [-0.2, 0) is 32.5 Å². The maximum Gasteiger partial charge on any atom is 0.0465 e. The number of nitrogens with zero attached hydrogens (tertiary/aromatic N) is 2. The topological polar surface area (TPSA) is 6.48 Å². The average Bonchev–Trinajstić information content (AvgIpc) is 1.57. The van der Waals surface area contributed by atoms with Gasteiger partial charge in [-0.15, -0.1) is 0 Å². The van der Waals surface area contributed by atoms with Gasteiger partial charge in [0, 0.05) is 66.6 Å². The first kappa shape index (κ1) is 64.1. The van der Waals surface area contributed by atoms with Crippen LogP contribution < -0.4 is 9.80 Å². The van der Waals surface area contributed by atoms with Crippen molar-refractivity contribution in [2.45, 2.75) is 116 Å². The summed E-state index contributed by atoms with van der Waals surface area (Å²) in [6.45, 7) is 28.8. The average molecular weight is 1360 g/mol. The van der Waals surface area contributed by atoms with Gasteiger partial charge in [0.15, 0.2) is 0 Å². The Morgan fingerprint density at radius 3 is 0.632 bits per heavy atom. The highest BCUT2D eigenvalue weighted by Crippen LogP contribution is 2.59. The largest absolute Gasteiger partial charge is 0.310 e. The second kappa shape index (κ2) is 22.5. The molecule has 14 aromatic rings. The van der Waals surface area contributed by atoms with Gasteiger partial charge in [0.1, 0.15) is 0 Å². The number of rotatable bonds is 10. The van der Waals surface area contributed by atoms with Crippen LogP contribution in [0.4, 0.5) is 34.1 Å². The van der Waals surface area contributed by atoms with E-state index in [1.165, 1.54) is 189 Å². The minimum absolute atomic E-state index is 0.136. The number of hydrogen-bond donors (Lipinski definition) is 0. The zero-order valence-corrected chi connectivity index (χ0v) is 62.8. The molecule has 0 aromatic heterocycles. The van der Waals surface area contributed by atoms with Crippen LogP contribution in [0, 0.1) is 0 Å². The summed E-state index contributed by atoms with van der Waals surface area (Å²) in [6.07, 6.45) is 9.26. The summed E-state index contributed by atoms with van der Waals surface area (Å²) < 4.78 is 0. The summed E-state index contributed by atoms with van der Waals surface area (Å²) in [5.74, 6) is 0. The predicted molar refractivity (Wildman–Crippen MR) is 449 cm³/mol. The molecular weight excluding hydrogens is 1280 g/mol. The fraction of sp³-hybridized carbons (Fsp3) is 0.173. The standard InChI is InChI=1S/C104H86N2/c1-99(2)87-29-19-15-25-75(87)81-49-41-67(57-93(81)99)105(68-42-50-82-76-26-16-20-30-88(76)100(3,4)94(82)58-68)71-45-53-85-79-47-35-63(55-91(79)103(9,10)97(85)61-71)33-37-65-39-40-66(74-24-14-13-23-73(65)74)38-34-64-36-48-80-86-54-46-72(62-98(86)104(11,12)92(80)56-64)106(69-43-51-83-77-27-17-21-31-89(77)101(5,6)95(83)59-69)70-44-52-84-78-28-18-22-32-90(78)102(7,8)96(84)60-70/h13-62H,1-12H3/b37-33+,38-34+. The van der Waals surface area contributed by atoms with Crippen molar-refractivity contribution in [3.63, 3.8) is 0 Å². The maximum absolute atomic E-state index is 2.53. The van der Waals surface area contributed by atoms with Crippen LogP contribution in [0.2, 0.25) is 0 Å². The summed E-state index contributed by atoms with van der Waals surface area (Å²) in [5.41, 5.74) is 43.1. The molecule has 14 aromatic carbocycles. The Morgan fingerprint density at radius 2 is 0.377 bits per heavy atom. The molecule has 2 heteroatoms. The van der Waals surface area contributed by atoms with E-state index in [-0.39, 0.29) is 32.5 Å². The molecule has 0 saturated carbocycles. The van der Waals surface area contributed by atoms with Gasteiger partial charge >= 0.3 is 0 Å². The van der Waals surface area contributed by atoms with E-state index >= 15 is 0 Å².